The van der Waals surface area contributed by atoms with Crippen molar-refractivity contribution in [2.75, 3.05) is 6.54 Å². The highest BCUT2D eigenvalue weighted by Crippen LogP contribution is 2.18. The van der Waals surface area contributed by atoms with Crippen molar-refractivity contribution in [2.45, 2.75) is 39.2 Å². The lowest BCUT2D eigenvalue weighted by atomic mass is 10.1. The monoisotopic (exact) mass is 239 g/mol. The molecule has 2 heterocycles. The Bertz CT molecular complexity index is 317. The van der Waals surface area contributed by atoms with Gasteiger partial charge in [-0.3, -0.25) is 4.79 Å². The first-order valence-corrected chi connectivity index (χ1v) is 6.04. The van der Waals surface area contributed by atoms with Crippen LogP contribution in [0, 0.1) is 5.92 Å². The van der Waals surface area contributed by atoms with E-state index in [-0.39, 0.29) is 12.3 Å². The van der Waals surface area contributed by atoms with Crippen LogP contribution < -0.4 is 5.32 Å². The first kappa shape index (κ1) is 13.7. The smallest absolute Gasteiger partial charge is 0.303 e. The average molecular weight is 239 g/mol. The van der Waals surface area contributed by atoms with E-state index in [1.165, 1.54) is 12.8 Å². The largest absolute Gasteiger partial charge is 0.481 e. The first-order chi connectivity index (χ1) is 8.09. The van der Waals surface area contributed by atoms with Gasteiger partial charge in [0.1, 0.15) is 5.82 Å². The molecular weight excluding hydrogens is 218 g/mol. The fourth-order valence-corrected chi connectivity index (χ4v) is 1.74. The standard InChI is InChI=1S/C7H11N3.C5H10O2/c1-2-6(8-3-1)7-9-4-5-10-7;1-4(2)3-5(6)7/h4-6,8H,1-3H2,(H,9,10);4H,3H2,1-2H3,(H,6,7). The fraction of sp³-hybridized carbons (Fsp3) is 0.667. The Morgan fingerprint density at radius 3 is 2.76 bits per heavy atom. The number of hydrogen-bond donors (Lipinski definition) is 3. The van der Waals surface area contributed by atoms with Crippen LogP contribution >= 0.6 is 0 Å². The predicted octanol–water partition coefficient (Wildman–Crippen LogP) is 1.95. The van der Waals surface area contributed by atoms with E-state index in [0.29, 0.717) is 6.04 Å². The molecule has 96 valence electrons. The Morgan fingerprint density at radius 2 is 2.41 bits per heavy atom. The summed E-state index contributed by atoms with van der Waals surface area (Å²) in [5.74, 6) is 0.644. The predicted molar refractivity (Wildman–Crippen MR) is 65.7 cm³/mol. The number of carboxylic acid groups (broad SMARTS) is 1. The average Bonchev–Trinajstić information content (AvgIpc) is 2.89. The number of aromatic nitrogens is 2. The molecule has 0 bridgehead atoms. The van der Waals surface area contributed by atoms with Crippen molar-refractivity contribution in [3.63, 3.8) is 0 Å². The number of nitrogens with zero attached hydrogens (tertiary/aromatic N) is 1. The number of aliphatic carboxylic acids is 1. The quantitative estimate of drug-likeness (QED) is 0.753. The summed E-state index contributed by atoms with van der Waals surface area (Å²) in [6, 6.07) is 0.481. The van der Waals surface area contributed by atoms with E-state index in [1.807, 2.05) is 20.0 Å². The Kier molecular flexibility index (Phi) is 5.69. The topological polar surface area (TPSA) is 78.0 Å². The molecular formula is C12H21N3O2. The Morgan fingerprint density at radius 1 is 1.65 bits per heavy atom. The maximum atomic E-state index is 9.81. The lowest BCUT2D eigenvalue weighted by molar-refractivity contribution is -0.137. The molecule has 17 heavy (non-hydrogen) atoms. The van der Waals surface area contributed by atoms with Gasteiger partial charge < -0.3 is 15.4 Å². The molecule has 0 radical (unpaired) electrons. The van der Waals surface area contributed by atoms with Crippen LogP contribution in [-0.4, -0.2) is 27.6 Å². The van der Waals surface area contributed by atoms with E-state index in [2.05, 4.69) is 15.3 Å². The van der Waals surface area contributed by atoms with Gasteiger partial charge in [-0.1, -0.05) is 13.8 Å². The number of rotatable bonds is 3. The van der Waals surface area contributed by atoms with E-state index in [4.69, 9.17) is 5.11 Å². The molecule has 1 atom stereocenters. The van der Waals surface area contributed by atoms with Crippen molar-refractivity contribution in [1.82, 2.24) is 15.3 Å². The molecule has 0 aliphatic carbocycles. The van der Waals surface area contributed by atoms with Crippen LogP contribution in [0.5, 0.6) is 0 Å². The first-order valence-electron chi connectivity index (χ1n) is 6.04. The zero-order chi connectivity index (χ0) is 12.7. The maximum absolute atomic E-state index is 9.81. The van der Waals surface area contributed by atoms with Crippen LogP contribution in [0.1, 0.15) is 45.0 Å². The maximum Gasteiger partial charge on any atom is 0.303 e. The molecule has 1 aromatic heterocycles. The van der Waals surface area contributed by atoms with E-state index < -0.39 is 5.97 Å². The van der Waals surface area contributed by atoms with Crippen molar-refractivity contribution >= 4 is 5.97 Å². The molecule has 1 fully saturated rings. The van der Waals surface area contributed by atoms with Gasteiger partial charge in [0.25, 0.3) is 0 Å². The zero-order valence-corrected chi connectivity index (χ0v) is 10.4. The highest BCUT2D eigenvalue weighted by atomic mass is 16.4. The van der Waals surface area contributed by atoms with Crippen molar-refractivity contribution in [3.05, 3.63) is 18.2 Å². The highest BCUT2D eigenvalue weighted by Gasteiger charge is 2.17. The van der Waals surface area contributed by atoms with Crippen LogP contribution in [0.3, 0.4) is 0 Å². The summed E-state index contributed by atoms with van der Waals surface area (Å²) in [6.45, 7) is 4.90. The molecule has 0 spiro atoms. The second-order valence-electron chi connectivity index (χ2n) is 4.62. The van der Waals surface area contributed by atoms with E-state index in [9.17, 15) is 4.79 Å². The van der Waals surface area contributed by atoms with Crippen LogP contribution in [0.4, 0.5) is 0 Å². The van der Waals surface area contributed by atoms with Gasteiger partial charge in [0.05, 0.1) is 6.04 Å². The van der Waals surface area contributed by atoms with Gasteiger partial charge in [0.15, 0.2) is 0 Å². The van der Waals surface area contributed by atoms with Crippen LogP contribution in [0.2, 0.25) is 0 Å². The van der Waals surface area contributed by atoms with Gasteiger partial charge in [-0.15, -0.1) is 0 Å². The second-order valence-corrected chi connectivity index (χ2v) is 4.62. The van der Waals surface area contributed by atoms with Crippen LogP contribution in [0.25, 0.3) is 0 Å². The van der Waals surface area contributed by atoms with E-state index in [0.717, 1.165) is 12.4 Å². The fourth-order valence-electron chi connectivity index (χ4n) is 1.74. The van der Waals surface area contributed by atoms with Gasteiger partial charge >= 0.3 is 5.97 Å². The number of H-pyrrole nitrogens is 1. The van der Waals surface area contributed by atoms with Crippen molar-refractivity contribution in [1.29, 1.82) is 0 Å². The minimum atomic E-state index is -0.713. The van der Waals surface area contributed by atoms with Gasteiger partial charge in [-0.05, 0) is 25.3 Å². The molecule has 0 saturated carbocycles. The number of hydrogen-bond acceptors (Lipinski definition) is 3. The highest BCUT2D eigenvalue weighted by molar-refractivity contribution is 5.66. The van der Waals surface area contributed by atoms with Gasteiger partial charge in [-0.25, -0.2) is 4.98 Å². The Balaban J connectivity index is 0.000000185. The third-order valence-corrected chi connectivity index (χ3v) is 2.49. The Hall–Kier alpha value is -1.36. The minimum absolute atomic E-state index is 0.275. The molecule has 0 amide bonds. The lowest BCUT2D eigenvalue weighted by Crippen LogP contribution is -2.13. The summed E-state index contributed by atoms with van der Waals surface area (Å²) < 4.78 is 0. The summed E-state index contributed by atoms with van der Waals surface area (Å²) in [6.07, 6.45) is 6.43. The molecule has 5 nitrogen and oxygen atoms in total. The van der Waals surface area contributed by atoms with Crippen molar-refractivity contribution in [3.8, 4) is 0 Å². The summed E-state index contributed by atoms with van der Waals surface area (Å²) in [5, 5.41) is 11.4. The summed E-state index contributed by atoms with van der Waals surface area (Å²) >= 11 is 0. The molecule has 1 aliphatic heterocycles. The Labute approximate surface area is 102 Å². The number of carboxylic acids is 1. The third kappa shape index (κ3) is 5.49. The molecule has 1 aliphatic rings. The number of nitrogens with one attached hydrogen (secondary N) is 2. The SMILES string of the molecule is CC(C)CC(=O)O.c1c[nH]c(C2CCCN2)n1. The summed E-state index contributed by atoms with van der Waals surface area (Å²) in [5.41, 5.74) is 0. The minimum Gasteiger partial charge on any atom is -0.481 e. The second kappa shape index (κ2) is 7.06. The number of carbonyl (C=O) groups is 1. The molecule has 0 aromatic carbocycles. The molecule has 3 N–H and O–H groups in total. The summed E-state index contributed by atoms with van der Waals surface area (Å²) in [7, 11) is 0. The van der Waals surface area contributed by atoms with E-state index >= 15 is 0 Å². The normalized spacial score (nSPS) is 18.9. The van der Waals surface area contributed by atoms with Crippen molar-refractivity contribution < 1.29 is 9.90 Å². The molecule has 2 rings (SSSR count). The van der Waals surface area contributed by atoms with E-state index in [1.54, 1.807) is 6.20 Å². The van der Waals surface area contributed by atoms with Gasteiger partial charge in [0.2, 0.25) is 0 Å². The van der Waals surface area contributed by atoms with Gasteiger partial charge in [-0.2, -0.15) is 0 Å². The van der Waals surface area contributed by atoms with Gasteiger partial charge in [0, 0.05) is 18.8 Å². The zero-order valence-electron chi connectivity index (χ0n) is 10.4. The summed E-state index contributed by atoms with van der Waals surface area (Å²) in [4.78, 5) is 17.1. The molecule has 5 heteroatoms. The number of aromatic amines is 1. The van der Waals surface area contributed by atoms with Crippen LogP contribution in [-0.2, 0) is 4.79 Å². The lowest BCUT2D eigenvalue weighted by Gasteiger charge is -2.04. The molecule has 1 aromatic rings. The third-order valence-electron chi connectivity index (χ3n) is 2.49. The number of imidazole rings is 1. The van der Waals surface area contributed by atoms with Crippen molar-refractivity contribution in [2.24, 2.45) is 5.92 Å². The molecule has 1 saturated heterocycles. The van der Waals surface area contributed by atoms with Crippen LogP contribution in [0.15, 0.2) is 12.4 Å². The molecule has 1 unspecified atom stereocenters.